The third-order valence-corrected chi connectivity index (χ3v) is 2.42. The highest BCUT2D eigenvalue weighted by Crippen LogP contribution is 2.23. The molecule has 15 heavy (non-hydrogen) atoms. The predicted octanol–water partition coefficient (Wildman–Crippen LogP) is 0.907. The van der Waals surface area contributed by atoms with Crippen LogP contribution in [0.1, 0.15) is 5.56 Å². The molecule has 1 aromatic rings. The Balaban J connectivity index is 2.99. The number of guanidine groups is 1. The molecule has 1 aromatic carbocycles. The van der Waals surface area contributed by atoms with Gasteiger partial charge in [0.2, 0.25) is 5.96 Å². The van der Waals surface area contributed by atoms with Gasteiger partial charge in [0.1, 0.15) is 5.75 Å². The number of ether oxygens (including phenoxy) is 1. The molecule has 0 fully saturated rings. The Morgan fingerprint density at radius 3 is 2.80 bits per heavy atom. The van der Waals surface area contributed by atoms with Gasteiger partial charge in [-0.3, -0.25) is 0 Å². The van der Waals surface area contributed by atoms with Crippen molar-refractivity contribution in [3.63, 3.8) is 0 Å². The molecule has 0 aliphatic rings. The lowest BCUT2D eigenvalue weighted by Crippen LogP contribution is -2.21. The molecular formula is C9H11IN4O. The Morgan fingerprint density at radius 1 is 1.47 bits per heavy atom. The molecule has 0 aliphatic carbocycles. The van der Waals surface area contributed by atoms with Crippen molar-refractivity contribution in [3.8, 4) is 5.75 Å². The maximum absolute atomic E-state index is 5.22. The fourth-order valence-corrected chi connectivity index (χ4v) is 1.74. The Morgan fingerprint density at radius 2 is 2.20 bits per heavy atom. The second kappa shape index (κ2) is 5.54. The Kier molecular flexibility index (Phi) is 4.35. The first-order valence-corrected chi connectivity index (χ1v) is 5.17. The summed E-state index contributed by atoms with van der Waals surface area (Å²) in [6, 6.07) is 5.71. The summed E-state index contributed by atoms with van der Waals surface area (Å²) in [4.78, 5) is 0. The van der Waals surface area contributed by atoms with E-state index in [1.807, 2.05) is 18.2 Å². The van der Waals surface area contributed by atoms with Gasteiger partial charge in [-0.2, -0.15) is 5.10 Å². The van der Waals surface area contributed by atoms with E-state index in [2.05, 4.69) is 32.8 Å². The number of nitrogens with zero attached hydrogens (tertiary/aromatic N) is 2. The number of rotatable bonds is 3. The average Bonchev–Trinajstić information content (AvgIpc) is 2.17. The van der Waals surface area contributed by atoms with E-state index in [1.54, 1.807) is 13.3 Å². The highest BCUT2D eigenvalue weighted by molar-refractivity contribution is 14.1. The van der Waals surface area contributed by atoms with Crippen LogP contribution in [-0.4, -0.2) is 19.3 Å². The Bertz CT molecular complexity index is 399. The average molecular weight is 318 g/mol. The number of nitrogens with two attached hydrogens (primary N) is 2. The topological polar surface area (TPSA) is 86.0 Å². The summed E-state index contributed by atoms with van der Waals surface area (Å²) in [5.41, 5.74) is 11.1. The molecule has 1 rings (SSSR count). The molecule has 5 nitrogen and oxygen atoms in total. The van der Waals surface area contributed by atoms with Crippen molar-refractivity contribution >= 4 is 34.8 Å². The molecule has 0 unspecified atom stereocenters. The zero-order valence-electron chi connectivity index (χ0n) is 8.14. The maximum atomic E-state index is 5.22. The van der Waals surface area contributed by atoms with E-state index in [0.717, 1.165) is 14.9 Å². The molecular weight excluding hydrogens is 307 g/mol. The van der Waals surface area contributed by atoms with Crippen LogP contribution in [0.2, 0.25) is 0 Å². The number of halogens is 1. The molecule has 6 heteroatoms. The third-order valence-electron chi connectivity index (χ3n) is 1.57. The van der Waals surface area contributed by atoms with E-state index in [4.69, 9.17) is 16.2 Å². The van der Waals surface area contributed by atoms with Crippen LogP contribution in [0, 0.1) is 3.57 Å². The highest BCUT2D eigenvalue weighted by atomic mass is 127. The summed E-state index contributed by atoms with van der Waals surface area (Å²) in [5.74, 6) is 0.684. The normalized spacial score (nSPS) is 10.3. The lowest BCUT2D eigenvalue weighted by atomic mass is 10.2. The first kappa shape index (κ1) is 11.8. The van der Waals surface area contributed by atoms with E-state index >= 15 is 0 Å². The van der Waals surface area contributed by atoms with E-state index in [9.17, 15) is 0 Å². The van der Waals surface area contributed by atoms with Gasteiger partial charge >= 0.3 is 0 Å². The first-order valence-electron chi connectivity index (χ1n) is 4.09. The Hall–Kier alpha value is -1.31. The molecule has 0 amide bonds. The van der Waals surface area contributed by atoms with Crippen LogP contribution < -0.4 is 16.2 Å². The van der Waals surface area contributed by atoms with Crippen molar-refractivity contribution in [3.05, 3.63) is 27.3 Å². The number of methoxy groups -OCH3 is 1. The fraction of sp³-hybridized carbons (Fsp3) is 0.111. The van der Waals surface area contributed by atoms with Crippen LogP contribution in [-0.2, 0) is 0 Å². The van der Waals surface area contributed by atoms with Gasteiger partial charge in [-0.05, 0) is 34.7 Å². The SMILES string of the molecule is COc1c(I)cccc1C=NN=C(N)N. The minimum absolute atomic E-state index is 0.0733. The van der Waals surface area contributed by atoms with Crippen molar-refractivity contribution in [2.45, 2.75) is 0 Å². The van der Waals surface area contributed by atoms with Crippen LogP contribution in [0.3, 0.4) is 0 Å². The lowest BCUT2D eigenvalue weighted by molar-refractivity contribution is 0.411. The zero-order valence-corrected chi connectivity index (χ0v) is 10.3. The van der Waals surface area contributed by atoms with Crippen molar-refractivity contribution in [1.82, 2.24) is 0 Å². The van der Waals surface area contributed by atoms with E-state index in [-0.39, 0.29) is 5.96 Å². The molecule has 0 heterocycles. The summed E-state index contributed by atoms with van der Waals surface area (Å²) in [7, 11) is 1.61. The Labute approximate surface area is 101 Å². The first-order chi connectivity index (χ1) is 7.15. The van der Waals surface area contributed by atoms with Crippen LogP contribution in [0.4, 0.5) is 0 Å². The molecule has 0 bridgehead atoms. The van der Waals surface area contributed by atoms with Gasteiger partial charge in [-0.25, -0.2) is 0 Å². The van der Waals surface area contributed by atoms with Gasteiger partial charge in [-0.15, -0.1) is 5.10 Å². The van der Waals surface area contributed by atoms with Gasteiger partial charge in [0, 0.05) is 5.56 Å². The molecule has 4 N–H and O–H groups in total. The van der Waals surface area contributed by atoms with Crippen LogP contribution in [0.5, 0.6) is 5.75 Å². The second-order valence-corrected chi connectivity index (χ2v) is 3.79. The third kappa shape index (κ3) is 3.39. The van der Waals surface area contributed by atoms with Crippen LogP contribution in [0.25, 0.3) is 0 Å². The molecule has 80 valence electrons. The minimum Gasteiger partial charge on any atom is -0.495 e. The molecule has 0 saturated heterocycles. The number of hydrogen-bond donors (Lipinski definition) is 2. The van der Waals surface area contributed by atoms with Crippen molar-refractivity contribution in [2.75, 3.05) is 7.11 Å². The van der Waals surface area contributed by atoms with Crippen molar-refractivity contribution in [1.29, 1.82) is 0 Å². The smallest absolute Gasteiger partial charge is 0.211 e. The van der Waals surface area contributed by atoms with Crippen LogP contribution in [0.15, 0.2) is 28.4 Å². The van der Waals surface area contributed by atoms with Crippen LogP contribution >= 0.6 is 22.6 Å². The zero-order chi connectivity index (χ0) is 11.3. The summed E-state index contributed by atoms with van der Waals surface area (Å²) in [6.07, 6.45) is 1.54. The number of benzene rings is 1. The molecule has 0 aliphatic heterocycles. The van der Waals surface area contributed by atoms with Gasteiger partial charge in [0.25, 0.3) is 0 Å². The van der Waals surface area contributed by atoms with Crippen molar-refractivity contribution < 1.29 is 4.74 Å². The monoisotopic (exact) mass is 318 g/mol. The summed E-state index contributed by atoms with van der Waals surface area (Å²) < 4.78 is 6.23. The van der Waals surface area contributed by atoms with E-state index in [0.29, 0.717) is 0 Å². The van der Waals surface area contributed by atoms with E-state index < -0.39 is 0 Å². The summed E-state index contributed by atoms with van der Waals surface area (Å²) in [6.45, 7) is 0. The van der Waals surface area contributed by atoms with Gasteiger partial charge < -0.3 is 16.2 Å². The maximum Gasteiger partial charge on any atom is 0.211 e. The van der Waals surface area contributed by atoms with E-state index in [1.165, 1.54) is 0 Å². The van der Waals surface area contributed by atoms with Gasteiger partial charge in [0.05, 0.1) is 16.9 Å². The molecule has 0 spiro atoms. The number of hydrogen-bond acceptors (Lipinski definition) is 3. The second-order valence-electron chi connectivity index (χ2n) is 2.63. The molecule has 0 aromatic heterocycles. The predicted molar refractivity (Wildman–Crippen MR) is 69.1 cm³/mol. The fourth-order valence-electron chi connectivity index (χ4n) is 1.00. The van der Waals surface area contributed by atoms with Crippen molar-refractivity contribution in [2.24, 2.45) is 21.7 Å². The molecule has 0 atom stereocenters. The quantitative estimate of drug-likeness (QED) is 0.376. The lowest BCUT2D eigenvalue weighted by Gasteiger charge is -2.05. The molecule has 0 saturated carbocycles. The highest BCUT2D eigenvalue weighted by Gasteiger charge is 2.03. The number of para-hydroxylation sites is 1. The minimum atomic E-state index is -0.0733. The largest absolute Gasteiger partial charge is 0.495 e. The standard InChI is InChI=1S/C9H11IN4O/c1-15-8-6(3-2-4-7(8)10)5-13-14-9(11)12/h2-5H,1H3,(H4,11,12,14). The molecule has 0 radical (unpaired) electrons. The van der Waals surface area contributed by atoms with Gasteiger partial charge in [-0.1, -0.05) is 6.07 Å². The summed E-state index contributed by atoms with van der Waals surface area (Å²) >= 11 is 2.18. The summed E-state index contributed by atoms with van der Waals surface area (Å²) in [5, 5.41) is 7.23. The van der Waals surface area contributed by atoms with Gasteiger partial charge in [0.15, 0.2) is 0 Å².